The normalized spacial score (nSPS) is 27.3. The monoisotopic (exact) mass is 213 g/mol. The van der Waals surface area contributed by atoms with Crippen LogP contribution in [-0.4, -0.2) is 35.5 Å². The van der Waals surface area contributed by atoms with E-state index in [9.17, 15) is 4.79 Å². The minimum atomic E-state index is -0.507. The third-order valence-electron chi connectivity index (χ3n) is 3.68. The second-order valence-corrected chi connectivity index (χ2v) is 4.49. The molecule has 1 unspecified atom stereocenters. The predicted molar refractivity (Wildman–Crippen MR) is 55.3 cm³/mol. The summed E-state index contributed by atoms with van der Waals surface area (Å²) in [5.41, 5.74) is 0. The molecule has 4 heteroatoms. The van der Waals surface area contributed by atoms with Crippen molar-refractivity contribution in [2.24, 2.45) is 5.92 Å². The smallest absolute Gasteiger partial charge is 0.412 e. The van der Waals surface area contributed by atoms with Gasteiger partial charge in [0.2, 0.25) is 0 Å². The lowest BCUT2D eigenvalue weighted by molar-refractivity contribution is -0.0196. The van der Waals surface area contributed by atoms with Gasteiger partial charge in [0.1, 0.15) is 0 Å². The Morgan fingerprint density at radius 1 is 1.27 bits per heavy atom. The molecule has 0 aromatic heterocycles. The molecule has 1 atom stereocenters. The first kappa shape index (κ1) is 10.7. The molecule has 0 spiro atoms. The number of carbonyl (C=O) groups is 1. The highest BCUT2D eigenvalue weighted by Gasteiger charge is 2.38. The molecule has 1 heterocycles. The fourth-order valence-electron chi connectivity index (χ4n) is 2.78. The summed E-state index contributed by atoms with van der Waals surface area (Å²) in [6.07, 6.45) is 7.17. The van der Waals surface area contributed by atoms with Crippen LogP contribution in [0.2, 0.25) is 0 Å². The molecule has 0 aromatic rings. The average molecular weight is 213 g/mol. The largest absolute Gasteiger partial charge is 0.422 e. The highest BCUT2D eigenvalue weighted by Crippen LogP contribution is 2.35. The molecular weight excluding hydrogens is 194 g/mol. The van der Waals surface area contributed by atoms with Crippen LogP contribution in [0.3, 0.4) is 0 Å². The number of amides is 1. The van der Waals surface area contributed by atoms with E-state index in [1.165, 1.54) is 32.1 Å². The summed E-state index contributed by atoms with van der Waals surface area (Å²) in [5.74, 6) is 0.666. The van der Waals surface area contributed by atoms with Crippen LogP contribution in [-0.2, 0) is 4.74 Å². The molecule has 2 rings (SSSR count). The van der Waals surface area contributed by atoms with Gasteiger partial charge in [-0.2, -0.15) is 0 Å². The highest BCUT2D eigenvalue weighted by atomic mass is 16.6. The Morgan fingerprint density at radius 3 is 2.53 bits per heavy atom. The van der Waals surface area contributed by atoms with E-state index in [0.717, 1.165) is 13.0 Å². The van der Waals surface area contributed by atoms with Crippen molar-refractivity contribution in [2.75, 3.05) is 13.3 Å². The molecule has 1 N–H and O–H groups in total. The average Bonchev–Trinajstić information content (AvgIpc) is 2.18. The minimum Gasteiger partial charge on any atom is -0.422 e. The summed E-state index contributed by atoms with van der Waals surface area (Å²) in [7, 11) is 0. The van der Waals surface area contributed by atoms with Crippen molar-refractivity contribution in [3.8, 4) is 0 Å². The van der Waals surface area contributed by atoms with E-state index in [-0.39, 0.29) is 6.09 Å². The molecule has 1 aliphatic carbocycles. The number of hydrogen-bond acceptors (Lipinski definition) is 3. The third-order valence-corrected chi connectivity index (χ3v) is 3.68. The van der Waals surface area contributed by atoms with E-state index in [1.54, 1.807) is 4.90 Å². The van der Waals surface area contributed by atoms with Gasteiger partial charge in [-0.3, -0.25) is 0 Å². The predicted octanol–water partition coefficient (Wildman–Crippen LogP) is 1.73. The van der Waals surface area contributed by atoms with Crippen LogP contribution in [0.25, 0.3) is 0 Å². The first-order valence-electron chi connectivity index (χ1n) is 5.87. The van der Waals surface area contributed by atoms with Gasteiger partial charge in [-0.15, -0.1) is 0 Å². The molecule has 1 saturated carbocycles. The topological polar surface area (TPSA) is 49.8 Å². The molecule has 0 radical (unpaired) electrons. The Balaban J connectivity index is 1.84. The zero-order valence-electron chi connectivity index (χ0n) is 9.02. The summed E-state index contributed by atoms with van der Waals surface area (Å²) in [6, 6.07) is 0.379. The molecular formula is C11H19NO3. The number of aliphatic hydroxyl groups excluding tert-OH is 1. The molecule has 0 bridgehead atoms. The summed E-state index contributed by atoms with van der Waals surface area (Å²) in [4.78, 5) is 13.2. The zero-order valence-corrected chi connectivity index (χ0v) is 9.02. The van der Waals surface area contributed by atoms with Crippen LogP contribution in [0.5, 0.6) is 0 Å². The quantitative estimate of drug-likeness (QED) is 0.711. The zero-order chi connectivity index (χ0) is 10.7. The number of hydrogen-bond donors (Lipinski definition) is 1. The summed E-state index contributed by atoms with van der Waals surface area (Å²) >= 11 is 0. The third kappa shape index (κ3) is 2.25. The number of likely N-dealkylation sites (tertiary alicyclic amines) is 1. The van der Waals surface area contributed by atoms with Crippen LogP contribution >= 0.6 is 0 Å². The van der Waals surface area contributed by atoms with E-state index in [4.69, 9.17) is 5.11 Å². The van der Waals surface area contributed by atoms with Crippen molar-refractivity contribution < 1.29 is 14.6 Å². The van der Waals surface area contributed by atoms with Gasteiger partial charge in [0.15, 0.2) is 6.79 Å². The summed E-state index contributed by atoms with van der Waals surface area (Å²) < 4.78 is 4.61. The molecule has 1 aliphatic heterocycles. The molecule has 1 saturated heterocycles. The van der Waals surface area contributed by atoms with Crippen LogP contribution in [0, 0.1) is 5.92 Å². The first-order chi connectivity index (χ1) is 7.33. The van der Waals surface area contributed by atoms with Gasteiger partial charge in [0.25, 0.3) is 0 Å². The second kappa shape index (κ2) is 4.84. The fraction of sp³-hybridized carbons (Fsp3) is 0.909. The van der Waals surface area contributed by atoms with Crippen molar-refractivity contribution in [1.29, 1.82) is 0 Å². The van der Waals surface area contributed by atoms with E-state index in [0.29, 0.717) is 12.0 Å². The number of nitrogens with zero attached hydrogens (tertiary/aromatic N) is 1. The maximum Gasteiger partial charge on any atom is 0.412 e. The van der Waals surface area contributed by atoms with Crippen molar-refractivity contribution in [3.05, 3.63) is 0 Å². The van der Waals surface area contributed by atoms with Gasteiger partial charge in [0, 0.05) is 12.6 Å². The lowest BCUT2D eigenvalue weighted by Gasteiger charge is -2.45. The van der Waals surface area contributed by atoms with Crippen LogP contribution in [0.1, 0.15) is 38.5 Å². The molecule has 15 heavy (non-hydrogen) atoms. The van der Waals surface area contributed by atoms with E-state index >= 15 is 0 Å². The maximum absolute atomic E-state index is 11.4. The maximum atomic E-state index is 11.4. The molecule has 0 aromatic carbocycles. The van der Waals surface area contributed by atoms with Crippen LogP contribution in [0.15, 0.2) is 0 Å². The number of ether oxygens (including phenoxy) is 1. The van der Waals surface area contributed by atoms with Crippen molar-refractivity contribution in [1.82, 2.24) is 4.90 Å². The number of rotatable bonds is 2. The number of aliphatic hydroxyl groups is 1. The van der Waals surface area contributed by atoms with Gasteiger partial charge in [-0.25, -0.2) is 4.79 Å². The Labute approximate surface area is 90.2 Å². The summed E-state index contributed by atoms with van der Waals surface area (Å²) in [5, 5.41) is 8.53. The molecule has 2 fully saturated rings. The van der Waals surface area contributed by atoms with Crippen molar-refractivity contribution in [3.63, 3.8) is 0 Å². The molecule has 1 amide bonds. The van der Waals surface area contributed by atoms with Gasteiger partial charge < -0.3 is 14.7 Å². The van der Waals surface area contributed by atoms with E-state index in [2.05, 4.69) is 4.74 Å². The Morgan fingerprint density at radius 2 is 2.00 bits per heavy atom. The highest BCUT2D eigenvalue weighted by molar-refractivity contribution is 5.69. The molecule has 4 nitrogen and oxygen atoms in total. The SMILES string of the molecule is O=C(OCO)N1CCC1C1CCCCC1. The van der Waals surface area contributed by atoms with E-state index < -0.39 is 6.79 Å². The first-order valence-corrected chi connectivity index (χ1v) is 5.87. The lowest BCUT2D eigenvalue weighted by Crippen LogP contribution is -2.55. The second-order valence-electron chi connectivity index (χ2n) is 4.49. The Hall–Kier alpha value is -0.770. The Bertz CT molecular complexity index is 226. The van der Waals surface area contributed by atoms with Gasteiger partial charge >= 0.3 is 6.09 Å². The van der Waals surface area contributed by atoms with Gasteiger partial charge in [0.05, 0.1) is 0 Å². The fourth-order valence-corrected chi connectivity index (χ4v) is 2.78. The van der Waals surface area contributed by atoms with Crippen LogP contribution in [0.4, 0.5) is 4.79 Å². The number of carbonyl (C=O) groups excluding carboxylic acids is 1. The van der Waals surface area contributed by atoms with Crippen LogP contribution < -0.4 is 0 Å². The van der Waals surface area contributed by atoms with Gasteiger partial charge in [-0.05, 0) is 25.2 Å². The Kier molecular flexibility index (Phi) is 3.46. The van der Waals surface area contributed by atoms with Gasteiger partial charge in [-0.1, -0.05) is 19.3 Å². The minimum absolute atomic E-state index is 0.348. The van der Waals surface area contributed by atoms with E-state index in [1.807, 2.05) is 0 Å². The molecule has 86 valence electrons. The molecule has 2 aliphatic rings. The lowest BCUT2D eigenvalue weighted by atomic mass is 9.79. The standard InChI is InChI=1S/C11H19NO3/c13-8-15-11(14)12-7-6-10(12)9-4-2-1-3-5-9/h9-10,13H,1-8H2. The van der Waals surface area contributed by atoms with Crippen molar-refractivity contribution >= 4 is 6.09 Å². The summed E-state index contributed by atoms with van der Waals surface area (Å²) in [6.45, 7) is 0.284. The van der Waals surface area contributed by atoms with Crippen molar-refractivity contribution in [2.45, 2.75) is 44.6 Å².